The van der Waals surface area contributed by atoms with Crippen molar-refractivity contribution >= 4 is 5.91 Å². The standard InChI is InChI=1S/C28H35N3O4/c32-27(28(33,20-7-3-1-4-8-20)21-9-5-2-6-10-21)30-17-29-26-22-15-31(16-23(22)26)14-19-11-12-24-25(13-19)35-18-34-24/h1,3-4,7-8,11-13,21-23,26,29,33H,2,5-6,9-10,14-18H2,(H,30,32)/t22-,23+,26?,28?. The number of carbonyl (C=O) groups excluding carboxylic acids is 1. The predicted octanol–water partition coefficient (Wildman–Crippen LogP) is 2.98. The van der Waals surface area contributed by atoms with E-state index in [1.54, 1.807) is 0 Å². The first kappa shape index (κ1) is 22.8. The van der Waals surface area contributed by atoms with Crippen molar-refractivity contribution in [2.45, 2.75) is 50.3 Å². The number of aliphatic hydroxyl groups is 1. The van der Waals surface area contributed by atoms with Gasteiger partial charge in [-0.05, 0) is 47.9 Å². The Morgan fingerprint density at radius 3 is 2.51 bits per heavy atom. The van der Waals surface area contributed by atoms with E-state index < -0.39 is 5.60 Å². The first-order chi connectivity index (χ1) is 17.1. The molecule has 2 aliphatic carbocycles. The van der Waals surface area contributed by atoms with Crippen LogP contribution in [0.15, 0.2) is 48.5 Å². The Balaban J connectivity index is 0.999. The molecule has 7 heteroatoms. The lowest BCUT2D eigenvalue weighted by atomic mass is 9.73. The molecule has 2 aromatic carbocycles. The molecule has 7 nitrogen and oxygen atoms in total. The molecule has 2 unspecified atom stereocenters. The van der Waals surface area contributed by atoms with Crippen LogP contribution in [0.2, 0.25) is 0 Å². The number of amides is 1. The molecule has 3 fully saturated rings. The Morgan fingerprint density at radius 1 is 1.00 bits per heavy atom. The van der Waals surface area contributed by atoms with Gasteiger partial charge >= 0.3 is 0 Å². The molecule has 186 valence electrons. The van der Waals surface area contributed by atoms with Crippen molar-refractivity contribution in [3.63, 3.8) is 0 Å². The molecule has 1 saturated heterocycles. The molecule has 0 aromatic heterocycles. The fourth-order valence-corrected chi connectivity index (χ4v) is 6.49. The number of benzene rings is 2. The van der Waals surface area contributed by atoms with Crippen molar-refractivity contribution in [3.05, 3.63) is 59.7 Å². The molecule has 1 amide bonds. The second-order valence-electron chi connectivity index (χ2n) is 10.6. The van der Waals surface area contributed by atoms with Crippen molar-refractivity contribution in [2.75, 3.05) is 26.6 Å². The summed E-state index contributed by atoms with van der Waals surface area (Å²) in [6, 6.07) is 16.1. The second kappa shape index (κ2) is 9.45. The minimum absolute atomic E-state index is 0.0382. The zero-order chi connectivity index (χ0) is 23.8. The van der Waals surface area contributed by atoms with Gasteiger partial charge in [0, 0.05) is 31.6 Å². The average Bonchev–Trinajstić information content (AvgIpc) is 3.22. The lowest BCUT2D eigenvalue weighted by Crippen LogP contribution is -2.52. The summed E-state index contributed by atoms with van der Waals surface area (Å²) in [6.45, 7) is 3.72. The summed E-state index contributed by atoms with van der Waals surface area (Å²) in [5.41, 5.74) is 0.478. The van der Waals surface area contributed by atoms with E-state index in [1.165, 1.54) is 12.0 Å². The smallest absolute Gasteiger partial charge is 0.257 e. The number of ether oxygens (including phenoxy) is 2. The monoisotopic (exact) mass is 477 g/mol. The first-order valence-electron chi connectivity index (χ1n) is 13.0. The van der Waals surface area contributed by atoms with E-state index in [0.717, 1.165) is 56.8 Å². The number of piperidine rings is 1. The van der Waals surface area contributed by atoms with Crippen LogP contribution >= 0.6 is 0 Å². The second-order valence-corrected chi connectivity index (χ2v) is 10.6. The molecule has 2 saturated carbocycles. The van der Waals surface area contributed by atoms with Gasteiger partial charge < -0.3 is 19.9 Å². The highest BCUT2D eigenvalue weighted by molar-refractivity contribution is 5.86. The van der Waals surface area contributed by atoms with Crippen molar-refractivity contribution < 1.29 is 19.4 Å². The van der Waals surface area contributed by atoms with Gasteiger partial charge in [-0.2, -0.15) is 0 Å². The van der Waals surface area contributed by atoms with Gasteiger partial charge in [0.15, 0.2) is 17.1 Å². The molecule has 0 bridgehead atoms. The Hall–Kier alpha value is -2.61. The molecule has 35 heavy (non-hydrogen) atoms. The highest BCUT2D eigenvalue weighted by Gasteiger charge is 2.55. The van der Waals surface area contributed by atoms with E-state index in [9.17, 15) is 9.90 Å². The van der Waals surface area contributed by atoms with Crippen LogP contribution < -0.4 is 20.1 Å². The zero-order valence-electron chi connectivity index (χ0n) is 20.1. The van der Waals surface area contributed by atoms with E-state index in [-0.39, 0.29) is 11.8 Å². The van der Waals surface area contributed by atoms with Gasteiger partial charge in [-0.1, -0.05) is 55.7 Å². The topological polar surface area (TPSA) is 83.1 Å². The van der Waals surface area contributed by atoms with Crippen LogP contribution in [0, 0.1) is 17.8 Å². The van der Waals surface area contributed by atoms with Gasteiger partial charge in [0.05, 0.1) is 6.67 Å². The van der Waals surface area contributed by atoms with E-state index >= 15 is 0 Å². The maximum absolute atomic E-state index is 13.3. The van der Waals surface area contributed by atoms with Gasteiger partial charge in [0.2, 0.25) is 6.79 Å². The predicted molar refractivity (Wildman–Crippen MR) is 132 cm³/mol. The van der Waals surface area contributed by atoms with E-state index in [0.29, 0.717) is 36.9 Å². The normalized spacial score (nSPS) is 27.3. The molecule has 4 aliphatic rings. The minimum Gasteiger partial charge on any atom is -0.454 e. The van der Waals surface area contributed by atoms with Crippen LogP contribution in [0.5, 0.6) is 11.5 Å². The number of likely N-dealkylation sites (tertiary alicyclic amines) is 1. The third kappa shape index (κ3) is 4.41. The van der Waals surface area contributed by atoms with Gasteiger partial charge in [-0.25, -0.2) is 0 Å². The maximum Gasteiger partial charge on any atom is 0.257 e. The Bertz CT molecular complexity index is 1050. The van der Waals surface area contributed by atoms with Crippen molar-refractivity contribution in [3.8, 4) is 11.5 Å². The number of hydrogen-bond acceptors (Lipinski definition) is 6. The Labute approximate surface area is 206 Å². The number of nitrogens with one attached hydrogen (secondary N) is 2. The summed E-state index contributed by atoms with van der Waals surface area (Å²) in [7, 11) is 0. The summed E-state index contributed by atoms with van der Waals surface area (Å²) < 4.78 is 10.9. The Morgan fingerprint density at radius 2 is 1.74 bits per heavy atom. The number of nitrogens with zero attached hydrogens (tertiary/aromatic N) is 1. The molecule has 0 radical (unpaired) electrons. The first-order valence-corrected chi connectivity index (χ1v) is 13.0. The van der Waals surface area contributed by atoms with Crippen LogP contribution in [-0.4, -0.2) is 48.5 Å². The Kier molecular flexibility index (Phi) is 6.16. The maximum atomic E-state index is 13.3. The molecular formula is C28H35N3O4. The fraction of sp³-hybridized carbons (Fsp3) is 0.536. The molecule has 4 atom stereocenters. The summed E-state index contributed by atoms with van der Waals surface area (Å²) in [5.74, 6) is 2.58. The van der Waals surface area contributed by atoms with Crippen LogP contribution in [0.4, 0.5) is 0 Å². The zero-order valence-corrected chi connectivity index (χ0v) is 20.1. The van der Waals surface area contributed by atoms with Crippen molar-refractivity contribution in [1.82, 2.24) is 15.5 Å². The SMILES string of the molecule is O=C(NCNC1[C@H]2CN(Cc3ccc4c(c3)OCO4)C[C@@H]12)C(O)(c1ccccc1)C1CCCCC1. The van der Waals surface area contributed by atoms with E-state index in [2.05, 4.69) is 27.7 Å². The number of rotatable bonds is 8. The van der Waals surface area contributed by atoms with Gasteiger partial charge in [0.1, 0.15) is 0 Å². The summed E-state index contributed by atoms with van der Waals surface area (Å²) in [4.78, 5) is 15.8. The molecule has 3 N–H and O–H groups in total. The number of hydrogen-bond donors (Lipinski definition) is 3. The average molecular weight is 478 g/mol. The number of carbonyl (C=O) groups is 1. The number of fused-ring (bicyclic) bond motifs is 2. The summed E-state index contributed by atoms with van der Waals surface area (Å²) in [5, 5.41) is 18.2. The molecular weight excluding hydrogens is 442 g/mol. The molecule has 6 rings (SSSR count). The minimum atomic E-state index is -1.47. The van der Waals surface area contributed by atoms with E-state index in [1.807, 2.05) is 36.4 Å². The van der Waals surface area contributed by atoms with Crippen LogP contribution in [0.25, 0.3) is 0 Å². The van der Waals surface area contributed by atoms with Crippen molar-refractivity contribution in [1.29, 1.82) is 0 Å². The van der Waals surface area contributed by atoms with Crippen molar-refractivity contribution in [2.24, 2.45) is 17.8 Å². The van der Waals surface area contributed by atoms with E-state index in [4.69, 9.17) is 9.47 Å². The van der Waals surface area contributed by atoms with Gasteiger partial charge in [0.25, 0.3) is 5.91 Å². The lowest BCUT2D eigenvalue weighted by molar-refractivity contribution is -0.149. The quantitative estimate of drug-likeness (QED) is 0.507. The molecule has 0 spiro atoms. The molecule has 2 aliphatic heterocycles. The van der Waals surface area contributed by atoms with Crippen LogP contribution in [0.1, 0.15) is 43.2 Å². The van der Waals surface area contributed by atoms with Gasteiger partial charge in [-0.15, -0.1) is 0 Å². The van der Waals surface area contributed by atoms with Crippen LogP contribution in [-0.2, 0) is 16.9 Å². The highest BCUT2D eigenvalue weighted by atomic mass is 16.7. The summed E-state index contributed by atoms with van der Waals surface area (Å²) >= 11 is 0. The van der Waals surface area contributed by atoms with Gasteiger partial charge in [-0.3, -0.25) is 15.0 Å². The molecule has 2 aromatic rings. The fourth-order valence-electron chi connectivity index (χ4n) is 6.49. The highest BCUT2D eigenvalue weighted by Crippen LogP contribution is 2.46. The third-order valence-electron chi connectivity index (χ3n) is 8.46. The summed E-state index contributed by atoms with van der Waals surface area (Å²) in [6.07, 6.45) is 5.09. The molecule has 2 heterocycles. The lowest BCUT2D eigenvalue weighted by Gasteiger charge is -2.37. The van der Waals surface area contributed by atoms with Crippen LogP contribution in [0.3, 0.4) is 0 Å². The largest absolute Gasteiger partial charge is 0.454 e. The third-order valence-corrected chi connectivity index (χ3v) is 8.46.